The molecule has 0 aliphatic rings. The van der Waals surface area contributed by atoms with Gasteiger partial charge in [-0.3, -0.25) is 18.6 Å². The van der Waals surface area contributed by atoms with Gasteiger partial charge < -0.3 is 14.4 Å². The van der Waals surface area contributed by atoms with Crippen molar-refractivity contribution >= 4 is 19.8 Å². The van der Waals surface area contributed by atoms with Crippen LogP contribution in [0.3, 0.4) is 0 Å². The lowest BCUT2D eigenvalue weighted by molar-refractivity contribution is -0.161. The van der Waals surface area contributed by atoms with E-state index in [9.17, 15) is 19.0 Å². The Balaban J connectivity index is 4.03. The Hall–Kier alpha value is -0.950. The molecule has 0 heterocycles. The van der Waals surface area contributed by atoms with Crippen LogP contribution in [-0.2, 0) is 32.7 Å². The molecule has 0 saturated heterocycles. The van der Waals surface area contributed by atoms with Gasteiger partial charge in [0.15, 0.2) is 6.10 Å². The molecule has 0 bridgehead atoms. The average Bonchev–Trinajstić information content (AvgIpc) is 3.06. The number of phosphoric ester groups is 1. The maximum atomic E-state index is 12.5. The molecule has 2 unspecified atom stereocenters. The molecule has 2 atom stereocenters. The van der Waals surface area contributed by atoms with Gasteiger partial charge in [0.25, 0.3) is 0 Å². The van der Waals surface area contributed by atoms with Crippen LogP contribution in [0.25, 0.3) is 0 Å². The molecule has 0 saturated carbocycles. The molecule has 286 valence electrons. The quantitative estimate of drug-likeness (QED) is 0.0384. The summed E-state index contributed by atoms with van der Waals surface area (Å²) in [6, 6.07) is 0. The van der Waals surface area contributed by atoms with E-state index in [1.165, 1.54) is 141 Å². The number of rotatable bonds is 38. The van der Waals surface area contributed by atoms with Crippen LogP contribution in [0, 0.1) is 0 Å². The fourth-order valence-corrected chi connectivity index (χ4v) is 6.68. The highest BCUT2D eigenvalue weighted by molar-refractivity contribution is 7.47. The summed E-state index contributed by atoms with van der Waals surface area (Å²) in [7, 11) is -4.27. The van der Waals surface area contributed by atoms with E-state index in [0.29, 0.717) is 6.42 Å². The molecule has 0 aromatic heterocycles. The maximum absolute atomic E-state index is 12.5. The molecule has 0 aromatic rings. The van der Waals surface area contributed by atoms with Crippen LogP contribution in [0.5, 0.6) is 0 Å². The van der Waals surface area contributed by atoms with Crippen molar-refractivity contribution in [2.75, 3.05) is 19.8 Å². The number of hydrogen-bond acceptors (Lipinski definition) is 7. The first-order valence-electron chi connectivity index (χ1n) is 20.3. The Bertz CT molecular complexity index is 762. The number of esters is 2. The molecule has 48 heavy (non-hydrogen) atoms. The van der Waals surface area contributed by atoms with Crippen LogP contribution in [-0.4, -0.2) is 42.8 Å². The first-order valence-corrected chi connectivity index (χ1v) is 21.8. The Morgan fingerprint density at radius 2 is 0.812 bits per heavy atom. The van der Waals surface area contributed by atoms with Crippen molar-refractivity contribution in [3.8, 4) is 0 Å². The van der Waals surface area contributed by atoms with Gasteiger partial charge in [0, 0.05) is 12.8 Å². The zero-order valence-corrected chi connectivity index (χ0v) is 32.6. The lowest BCUT2D eigenvalue weighted by atomic mass is 10.0. The number of carbonyl (C=O) groups is 2. The lowest BCUT2D eigenvalue weighted by Crippen LogP contribution is -2.29. The summed E-state index contributed by atoms with van der Waals surface area (Å²) in [5.41, 5.74) is 0. The van der Waals surface area contributed by atoms with Gasteiger partial charge in [0.05, 0.1) is 13.2 Å². The normalized spacial score (nSPS) is 13.3. The number of unbranched alkanes of at least 4 members (excludes halogenated alkanes) is 26. The van der Waals surface area contributed by atoms with Gasteiger partial charge in [-0.1, -0.05) is 181 Å². The van der Waals surface area contributed by atoms with Gasteiger partial charge in [-0.05, 0) is 19.8 Å². The van der Waals surface area contributed by atoms with Crippen molar-refractivity contribution in [1.82, 2.24) is 0 Å². The third kappa shape index (κ3) is 34.9. The number of phosphoric acid groups is 1. The van der Waals surface area contributed by atoms with Crippen LogP contribution in [0.15, 0.2) is 0 Å². The predicted octanol–water partition coefficient (Wildman–Crippen LogP) is 12.3. The lowest BCUT2D eigenvalue weighted by Gasteiger charge is -2.19. The summed E-state index contributed by atoms with van der Waals surface area (Å²) in [6.45, 7) is 5.49. The molecule has 9 heteroatoms. The van der Waals surface area contributed by atoms with Crippen LogP contribution < -0.4 is 0 Å². The van der Waals surface area contributed by atoms with E-state index in [4.69, 9.17) is 18.5 Å². The SMILES string of the molecule is CCCCCCCCCCCCCCCCCCCCC(=O)OC(COC(=O)CCCCCCCCCCCC)COP(=O)(O)OCC. The zero-order valence-electron chi connectivity index (χ0n) is 31.7. The molecule has 0 spiro atoms. The smallest absolute Gasteiger partial charge is 0.462 e. The van der Waals surface area contributed by atoms with Crippen molar-refractivity contribution in [2.24, 2.45) is 0 Å². The van der Waals surface area contributed by atoms with Gasteiger partial charge in [0.2, 0.25) is 0 Å². The number of ether oxygens (including phenoxy) is 2. The van der Waals surface area contributed by atoms with E-state index >= 15 is 0 Å². The molecule has 0 amide bonds. The Morgan fingerprint density at radius 3 is 1.17 bits per heavy atom. The van der Waals surface area contributed by atoms with Gasteiger partial charge in [-0.2, -0.15) is 0 Å². The second-order valence-electron chi connectivity index (χ2n) is 13.7. The molecule has 1 N–H and O–H groups in total. The summed E-state index contributed by atoms with van der Waals surface area (Å²) in [4.78, 5) is 34.6. The second-order valence-corrected chi connectivity index (χ2v) is 15.1. The summed E-state index contributed by atoms with van der Waals surface area (Å²) < 4.78 is 32.5. The molecule has 0 aliphatic heterocycles. The van der Waals surface area contributed by atoms with Gasteiger partial charge in [-0.15, -0.1) is 0 Å². The molecule has 8 nitrogen and oxygen atoms in total. The van der Waals surface area contributed by atoms with Crippen molar-refractivity contribution < 1.29 is 37.6 Å². The Kier molecular flexibility index (Phi) is 35.2. The van der Waals surface area contributed by atoms with E-state index in [2.05, 4.69) is 13.8 Å². The fourth-order valence-electron chi connectivity index (χ4n) is 5.92. The number of hydrogen-bond donors (Lipinski definition) is 1. The minimum Gasteiger partial charge on any atom is -0.462 e. The second kappa shape index (κ2) is 35.9. The van der Waals surface area contributed by atoms with Crippen LogP contribution >= 0.6 is 7.82 Å². The summed E-state index contributed by atoms with van der Waals surface area (Å²) in [5.74, 6) is -0.786. The van der Waals surface area contributed by atoms with Crippen molar-refractivity contribution in [2.45, 2.75) is 219 Å². The van der Waals surface area contributed by atoms with Crippen LogP contribution in [0.4, 0.5) is 0 Å². The van der Waals surface area contributed by atoms with Gasteiger partial charge >= 0.3 is 19.8 Å². The minimum absolute atomic E-state index is 0.00539. The van der Waals surface area contributed by atoms with Crippen molar-refractivity contribution in [3.63, 3.8) is 0 Å². The average molecular weight is 705 g/mol. The first-order chi connectivity index (χ1) is 23.3. The first kappa shape index (κ1) is 47.0. The van der Waals surface area contributed by atoms with Gasteiger partial charge in [-0.25, -0.2) is 4.57 Å². The summed E-state index contributed by atoms with van der Waals surface area (Å²) >= 11 is 0. The van der Waals surface area contributed by atoms with Crippen LogP contribution in [0.2, 0.25) is 0 Å². The molecule has 0 radical (unpaired) electrons. The van der Waals surface area contributed by atoms with Crippen molar-refractivity contribution in [1.29, 1.82) is 0 Å². The standard InChI is InChI=1S/C39H77O8P/c1-4-7-9-11-13-15-17-18-19-20-21-22-23-24-26-28-30-32-34-39(41)47-37(36-46-48(42,43)45-6-3)35-44-38(40)33-31-29-27-25-16-14-12-10-8-5-2/h37H,4-36H2,1-3H3,(H,42,43). The van der Waals surface area contributed by atoms with Crippen LogP contribution in [0.1, 0.15) is 213 Å². The van der Waals surface area contributed by atoms with Crippen molar-refractivity contribution in [3.05, 3.63) is 0 Å². The highest BCUT2D eigenvalue weighted by atomic mass is 31.2. The summed E-state index contributed by atoms with van der Waals surface area (Å²) in [6.07, 6.45) is 34.4. The van der Waals surface area contributed by atoms with Gasteiger partial charge in [0.1, 0.15) is 6.61 Å². The highest BCUT2D eigenvalue weighted by Crippen LogP contribution is 2.43. The Morgan fingerprint density at radius 1 is 0.479 bits per heavy atom. The molecule has 0 aliphatic carbocycles. The maximum Gasteiger partial charge on any atom is 0.472 e. The third-order valence-electron chi connectivity index (χ3n) is 8.91. The van der Waals surface area contributed by atoms with E-state index in [1.807, 2.05) is 0 Å². The van der Waals surface area contributed by atoms with E-state index < -0.39 is 19.9 Å². The minimum atomic E-state index is -4.27. The molecule has 0 fully saturated rings. The summed E-state index contributed by atoms with van der Waals surface area (Å²) in [5, 5.41) is 0. The largest absolute Gasteiger partial charge is 0.472 e. The number of carbonyl (C=O) groups excluding carboxylic acids is 2. The van der Waals surface area contributed by atoms with E-state index in [-0.39, 0.29) is 32.2 Å². The monoisotopic (exact) mass is 705 g/mol. The third-order valence-corrected chi connectivity index (χ3v) is 9.97. The highest BCUT2D eigenvalue weighted by Gasteiger charge is 2.25. The van der Waals surface area contributed by atoms with E-state index in [1.54, 1.807) is 6.92 Å². The molecular formula is C39H77O8P. The van der Waals surface area contributed by atoms with E-state index in [0.717, 1.165) is 38.5 Å². The molecular weight excluding hydrogens is 627 g/mol. The predicted molar refractivity (Wildman–Crippen MR) is 198 cm³/mol. The Labute approximate surface area is 296 Å². The molecule has 0 aromatic carbocycles. The molecule has 0 rings (SSSR count). The fraction of sp³-hybridized carbons (Fsp3) is 0.949. The zero-order chi connectivity index (χ0) is 35.4. The topological polar surface area (TPSA) is 108 Å².